The average Bonchev–Trinajstić information content (AvgIpc) is 2.61. The van der Waals surface area contributed by atoms with Gasteiger partial charge in [0.05, 0.1) is 11.0 Å². The molecular formula is C12H15N3. The summed E-state index contributed by atoms with van der Waals surface area (Å²) >= 11 is 0. The molecule has 0 saturated carbocycles. The van der Waals surface area contributed by atoms with E-state index < -0.39 is 0 Å². The molecule has 1 aromatic carbocycles. The molecule has 0 amide bonds. The minimum absolute atomic E-state index is 0.431. The number of aromatic amines is 1. The quantitative estimate of drug-likeness (QED) is 0.746. The Balaban J connectivity index is 2.52. The Hall–Kier alpha value is -1.64. The number of imidazole rings is 1. The van der Waals surface area contributed by atoms with Crippen LogP contribution in [0, 0.1) is 0 Å². The number of fused-ring (bicyclic) bond motifs is 1. The van der Waals surface area contributed by atoms with Crippen molar-refractivity contribution in [2.45, 2.75) is 19.8 Å². The van der Waals surface area contributed by atoms with Crippen molar-refractivity contribution in [2.75, 3.05) is 7.05 Å². The van der Waals surface area contributed by atoms with Crippen molar-refractivity contribution in [3.05, 3.63) is 29.6 Å². The fourth-order valence-corrected chi connectivity index (χ4v) is 1.55. The highest BCUT2D eigenvalue weighted by atomic mass is 14.9. The first kappa shape index (κ1) is 9.90. The van der Waals surface area contributed by atoms with Gasteiger partial charge in [0.1, 0.15) is 5.82 Å². The van der Waals surface area contributed by atoms with Crippen LogP contribution >= 0.6 is 0 Å². The Morgan fingerprint density at radius 2 is 2.20 bits per heavy atom. The number of nitrogens with one attached hydrogen (secondary N) is 1. The smallest absolute Gasteiger partial charge is 0.109 e. The first-order valence-corrected chi connectivity index (χ1v) is 5.12. The highest BCUT2D eigenvalue weighted by molar-refractivity contribution is 5.87. The number of aromatic nitrogens is 2. The molecule has 78 valence electrons. The Labute approximate surface area is 89.3 Å². The van der Waals surface area contributed by atoms with E-state index in [1.54, 1.807) is 7.05 Å². The Bertz CT molecular complexity index is 495. The van der Waals surface area contributed by atoms with Gasteiger partial charge < -0.3 is 4.98 Å². The van der Waals surface area contributed by atoms with Crippen LogP contribution < -0.4 is 0 Å². The summed E-state index contributed by atoms with van der Waals surface area (Å²) in [5.41, 5.74) is 3.20. The Morgan fingerprint density at radius 3 is 2.87 bits per heavy atom. The summed E-state index contributed by atoms with van der Waals surface area (Å²) in [6.45, 7) is 4.26. The van der Waals surface area contributed by atoms with Crippen molar-refractivity contribution < 1.29 is 0 Å². The van der Waals surface area contributed by atoms with E-state index in [0.29, 0.717) is 5.92 Å². The maximum Gasteiger partial charge on any atom is 0.109 e. The summed E-state index contributed by atoms with van der Waals surface area (Å²) in [5.74, 6) is 1.47. The van der Waals surface area contributed by atoms with E-state index in [-0.39, 0.29) is 0 Å². The third kappa shape index (κ3) is 1.91. The summed E-state index contributed by atoms with van der Waals surface area (Å²) in [5, 5.41) is 0. The van der Waals surface area contributed by atoms with Gasteiger partial charge in [0.25, 0.3) is 0 Å². The zero-order chi connectivity index (χ0) is 10.8. The number of rotatable bonds is 2. The van der Waals surface area contributed by atoms with Crippen molar-refractivity contribution in [1.82, 2.24) is 9.97 Å². The van der Waals surface area contributed by atoms with Crippen LogP contribution in [0.15, 0.2) is 23.2 Å². The maximum absolute atomic E-state index is 4.51. The molecular weight excluding hydrogens is 186 g/mol. The fraction of sp³-hybridized carbons (Fsp3) is 0.333. The van der Waals surface area contributed by atoms with Crippen LogP contribution in [0.2, 0.25) is 0 Å². The van der Waals surface area contributed by atoms with Crippen molar-refractivity contribution in [3.63, 3.8) is 0 Å². The number of H-pyrrole nitrogens is 1. The van der Waals surface area contributed by atoms with Gasteiger partial charge in [-0.25, -0.2) is 4.98 Å². The molecule has 2 aromatic rings. The summed E-state index contributed by atoms with van der Waals surface area (Å²) in [4.78, 5) is 11.8. The lowest BCUT2D eigenvalue weighted by molar-refractivity contribution is 0.799. The lowest BCUT2D eigenvalue weighted by Crippen LogP contribution is -1.88. The minimum atomic E-state index is 0.431. The molecule has 3 heteroatoms. The SMILES string of the molecule is CN=Cc1ccc2nc(C(C)C)[nH]c2c1. The summed E-state index contributed by atoms with van der Waals surface area (Å²) in [7, 11) is 1.77. The zero-order valence-corrected chi connectivity index (χ0v) is 9.28. The van der Waals surface area contributed by atoms with Crippen molar-refractivity contribution in [3.8, 4) is 0 Å². The molecule has 15 heavy (non-hydrogen) atoms. The first-order valence-electron chi connectivity index (χ1n) is 5.12. The predicted octanol–water partition coefficient (Wildman–Crippen LogP) is 2.74. The van der Waals surface area contributed by atoms with E-state index in [1.165, 1.54) is 0 Å². The van der Waals surface area contributed by atoms with Crippen LogP contribution in [0.1, 0.15) is 31.2 Å². The second-order valence-corrected chi connectivity index (χ2v) is 3.94. The van der Waals surface area contributed by atoms with Crippen LogP contribution in [0.3, 0.4) is 0 Å². The van der Waals surface area contributed by atoms with Gasteiger partial charge in [-0.2, -0.15) is 0 Å². The van der Waals surface area contributed by atoms with Gasteiger partial charge in [-0.3, -0.25) is 4.99 Å². The standard InChI is InChI=1S/C12H15N3/c1-8(2)12-14-10-5-4-9(7-13-3)6-11(10)15-12/h4-8H,1-3H3,(H,14,15). The highest BCUT2D eigenvalue weighted by Gasteiger charge is 2.05. The van der Waals surface area contributed by atoms with Gasteiger partial charge in [0.15, 0.2) is 0 Å². The minimum Gasteiger partial charge on any atom is -0.342 e. The van der Waals surface area contributed by atoms with E-state index in [2.05, 4.69) is 34.9 Å². The van der Waals surface area contributed by atoms with Crippen LogP contribution in [0.4, 0.5) is 0 Å². The zero-order valence-electron chi connectivity index (χ0n) is 9.28. The molecule has 3 nitrogen and oxygen atoms in total. The van der Waals surface area contributed by atoms with E-state index >= 15 is 0 Å². The molecule has 0 spiro atoms. The summed E-state index contributed by atoms with van der Waals surface area (Å²) in [6.07, 6.45) is 1.84. The molecule has 0 radical (unpaired) electrons. The lowest BCUT2D eigenvalue weighted by Gasteiger charge is -1.95. The molecule has 0 aliphatic rings. The van der Waals surface area contributed by atoms with Crippen molar-refractivity contribution >= 4 is 17.2 Å². The van der Waals surface area contributed by atoms with Crippen LogP contribution in [-0.2, 0) is 0 Å². The number of nitrogens with zero attached hydrogens (tertiary/aromatic N) is 2. The predicted molar refractivity (Wildman–Crippen MR) is 63.7 cm³/mol. The first-order chi connectivity index (χ1) is 7.20. The third-order valence-corrected chi connectivity index (χ3v) is 2.35. The summed E-state index contributed by atoms with van der Waals surface area (Å²) in [6, 6.07) is 6.12. The van der Waals surface area contributed by atoms with Crippen molar-refractivity contribution in [2.24, 2.45) is 4.99 Å². The van der Waals surface area contributed by atoms with Gasteiger partial charge in [0.2, 0.25) is 0 Å². The summed E-state index contributed by atoms with van der Waals surface area (Å²) < 4.78 is 0. The van der Waals surface area contributed by atoms with E-state index in [0.717, 1.165) is 22.4 Å². The molecule has 0 unspecified atom stereocenters. The molecule has 0 atom stereocenters. The molecule has 1 N–H and O–H groups in total. The van der Waals surface area contributed by atoms with Gasteiger partial charge in [-0.15, -0.1) is 0 Å². The Morgan fingerprint density at radius 1 is 1.40 bits per heavy atom. The number of hydrogen-bond donors (Lipinski definition) is 1. The van der Waals surface area contributed by atoms with Crippen LogP contribution in [-0.4, -0.2) is 23.2 Å². The number of hydrogen-bond acceptors (Lipinski definition) is 2. The molecule has 0 aliphatic heterocycles. The Kier molecular flexibility index (Phi) is 2.54. The molecule has 0 fully saturated rings. The lowest BCUT2D eigenvalue weighted by atomic mass is 10.2. The topological polar surface area (TPSA) is 41.0 Å². The van der Waals surface area contributed by atoms with Crippen molar-refractivity contribution in [1.29, 1.82) is 0 Å². The second-order valence-electron chi connectivity index (χ2n) is 3.94. The van der Waals surface area contributed by atoms with E-state index in [9.17, 15) is 0 Å². The van der Waals surface area contributed by atoms with Gasteiger partial charge >= 0.3 is 0 Å². The monoisotopic (exact) mass is 201 g/mol. The van der Waals surface area contributed by atoms with Crippen LogP contribution in [0.5, 0.6) is 0 Å². The van der Waals surface area contributed by atoms with E-state index in [1.807, 2.05) is 18.3 Å². The van der Waals surface area contributed by atoms with Crippen LogP contribution in [0.25, 0.3) is 11.0 Å². The molecule has 0 bridgehead atoms. The molecule has 0 saturated heterocycles. The fourth-order valence-electron chi connectivity index (χ4n) is 1.55. The molecule has 1 aromatic heterocycles. The van der Waals surface area contributed by atoms with E-state index in [4.69, 9.17) is 0 Å². The number of aliphatic imine (C=N–C) groups is 1. The largest absolute Gasteiger partial charge is 0.342 e. The van der Waals surface area contributed by atoms with Gasteiger partial charge in [-0.05, 0) is 17.7 Å². The third-order valence-electron chi connectivity index (χ3n) is 2.35. The highest BCUT2D eigenvalue weighted by Crippen LogP contribution is 2.17. The van der Waals surface area contributed by atoms with Gasteiger partial charge in [-0.1, -0.05) is 19.9 Å². The molecule has 1 heterocycles. The average molecular weight is 201 g/mol. The molecule has 0 aliphatic carbocycles. The molecule has 2 rings (SSSR count). The normalized spacial score (nSPS) is 12.0. The maximum atomic E-state index is 4.51. The second kappa shape index (κ2) is 3.85. The number of benzene rings is 1. The van der Waals surface area contributed by atoms with Gasteiger partial charge in [0, 0.05) is 19.2 Å².